The fourth-order valence-electron chi connectivity index (χ4n) is 4.21. The zero-order chi connectivity index (χ0) is 34.5. The van der Waals surface area contributed by atoms with Crippen molar-refractivity contribution >= 4 is 47.6 Å². The predicted octanol–water partition coefficient (Wildman–Crippen LogP) is 2.01. The van der Waals surface area contributed by atoms with Gasteiger partial charge in [-0.05, 0) is 49.3 Å². The Hall–Kier alpha value is -4.49. The van der Waals surface area contributed by atoms with Gasteiger partial charge < -0.3 is 41.4 Å². The van der Waals surface area contributed by atoms with E-state index >= 15 is 0 Å². The zero-order valence-corrected chi connectivity index (χ0v) is 27.4. The highest BCUT2D eigenvalue weighted by atomic mass is 16.5. The number of nitrogens with zero attached hydrogens (tertiary/aromatic N) is 1. The first-order valence-corrected chi connectivity index (χ1v) is 15.7. The number of primary amides is 1. The number of nitrogens with one attached hydrogen (secondary N) is 4. The highest BCUT2D eigenvalue weighted by Gasteiger charge is 2.22. The zero-order valence-electron chi connectivity index (χ0n) is 27.4. The fraction of sp³-hybridized carbons (Fsp3) is 0.594. The first kappa shape index (κ1) is 39.5. The number of carbonyl (C=O) groups is 7. The van der Waals surface area contributed by atoms with Crippen molar-refractivity contribution < 1.29 is 38.3 Å². The summed E-state index contributed by atoms with van der Waals surface area (Å²) < 4.78 is 5.10. The predicted molar refractivity (Wildman–Crippen MR) is 172 cm³/mol. The Morgan fingerprint density at radius 2 is 1.65 bits per heavy atom. The summed E-state index contributed by atoms with van der Waals surface area (Å²) in [5.74, 6) is -1.98. The lowest BCUT2D eigenvalue weighted by Gasteiger charge is -2.20. The number of amides is 6. The maximum atomic E-state index is 13.0. The minimum Gasteiger partial charge on any atom is -0.461 e. The van der Waals surface area contributed by atoms with Gasteiger partial charge >= 0.3 is 12.0 Å². The lowest BCUT2D eigenvalue weighted by molar-refractivity contribution is -0.144. The number of carbonyl (C=O) groups excluding carboxylic acids is 7. The Bertz CT molecular complexity index is 1160. The van der Waals surface area contributed by atoms with E-state index in [2.05, 4.69) is 21.3 Å². The van der Waals surface area contributed by atoms with Crippen LogP contribution in [0.15, 0.2) is 24.3 Å². The molecule has 0 fully saturated rings. The van der Waals surface area contributed by atoms with Crippen molar-refractivity contribution in [3.05, 3.63) is 29.8 Å². The molecule has 1 aromatic carbocycles. The minimum atomic E-state index is -0.952. The van der Waals surface area contributed by atoms with Gasteiger partial charge in [0.1, 0.15) is 18.9 Å². The van der Waals surface area contributed by atoms with Crippen molar-refractivity contribution in [2.24, 2.45) is 17.6 Å². The molecular formula is C32H50N6O8. The Kier molecular flexibility index (Phi) is 19.0. The van der Waals surface area contributed by atoms with E-state index in [-0.39, 0.29) is 75.0 Å². The van der Waals surface area contributed by atoms with Crippen LogP contribution in [0.5, 0.6) is 0 Å². The molecule has 0 bridgehead atoms. The normalized spacial score (nSPS) is 11.9. The van der Waals surface area contributed by atoms with Gasteiger partial charge in [-0.25, -0.2) is 4.79 Å². The quantitative estimate of drug-likeness (QED) is 0.0714. The first-order chi connectivity index (χ1) is 21.9. The molecule has 14 nitrogen and oxygen atoms in total. The number of unbranched alkanes of at least 4 members (excludes halogenated alkanes) is 2. The Balaban J connectivity index is 2.51. The van der Waals surface area contributed by atoms with Crippen molar-refractivity contribution in [3.63, 3.8) is 0 Å². The van der Waals surface area contributed by atoms with E-state index in [1.807, 2.05) is 13.8 Å². The topological polar surface area (TPSA) is 206 Å². The summed E-state index contributed by atoms with van der Waals surface area (Å²) >= 11 is 0. The molecule has 0 aromatic heterocycles. The van der Waals surface area contributed by atoms with Crippen molar-refractivity contribution in [1.82, 2.24) is 20.9 Å². The molecule has 6 N–H and O–H groups in total. The van der Waals surface area contributed by atoms with Crippen molar-refractivity contribution in [2.75, 3.05) is 32.0 Å². The molecule has 0 spiro atoms. The molecule has 2 atom stereocenters. The number of anilines is 1. The minimum absolute atomic E-state index is 0.0878. The Morgan fingerprint density at radius 3 is 2.26 bits per heavy atom. The molecule has 0 radical (unpaired) electrons. The SMILES string of the molecule is CCC(=O)OCc1ccc(NC(=O)C(CCCNC(N)=O)NC(=O)CNC(=O)CCCCCN(C)C(=O)CC(C=O)C(C)C)cc1. The summed E-state index contributed by atoms with van der Waals surface area (Å²) in [5.41, 5.74) is 6.30. The third-order valence-electron chi connectivity index (χ3n) is 7.24. The van der Waals surface area contributed by atoms with Crippen LogP contribution in [0.25, 0.3) is 0 Å². The third kappa shape index (κ3) is 17.1. The summed E-state index contributed by atoms with van der Waals surface area (Å²) in [7, 11) is 1.70. The molecule has 1 rings (SSSR count). The van der Waals surface area contributed by atoms with Gasteiger partial charge in [-0.15, -0.1) is 0 Å². The average molecular weight is 647 g/mol. The number of hydrogen-bond donors (Lipinski definition) is 5. The maximum Gasteiger partial charge on any atom is 0.312 e. The van der Waals surface area contributed by atoms with Gasteiger partial charge in [0.15, 0.2) is 0 Å². The van der Waals surface area contributed by atoms with Crippen LogP contribution in [0.4, 0.5) is 10.5 Å². The van der Waals surface area contributed by atoms with E-state index in [1.54, 1.807) is 43.1 Å². The summed E-state index contributed by atoms with van der Waals surface area (Å²) in [6.07, 6.45) is 3.98. The molecule has 0 aliphatic rings. The van der Waals surface area contributed by atoms with Crippen molar-refractivity contribution in [1.29, 1.82) is 0 Å². The summed E-state index contributed by atoms with van der Waals surface area (Å²) in [6.45, 7) is 6.02. The van der Waals surface area contributed by atoms with Gasteiger partial charge in [0.25, 0.3) is 0 Å². The number of hydrogen-bond acceptors (Lipinski definition) is 8. The molecule has 2 unspecified atom stereocenters. The number of ether oxygens (including phenoxy) is 1. The number of aldehydes is 1. The third-order valence-corrected chi connectivity index (χ3v) is 7.24. The van der Waals surface area contributed by atoms with Crippen LogP contribution in [0, 0.1) is 11.8 Å². The average Bonchev–Trinajstić information content (AvgIpc) is 3.02. The van der Waals surface area contributed by atoms with Gasteiger partial charge in [0.05, 0.1) is 6.54 Å². The van der Waals surface area contributed by atoms with Gasteiger partial charge in [0, 0.05) is 51.0 Å². The molecule has 14 heteroatoms. The van der Waals surface area contributed by atoms with E-state index in [1.165, 1.54) is 0 Å². The molecule has 0 heterocycles. The standard InChI is InChI=1S/C32H50N6O8/c1-5-30(43)46-21-23-12-14-25(15-13-23)36-31(44)26(10-9-16-34-32(33)45)37-28(41)19-35-27(40)11-7-6-8-17-38(4)29(42)18-24(20-39)22(2)3/h12-15,20,22,24,26H,5-11,16-19,21H2,1-4H3,(H,35,40)(H,36,44)(H,37,41)(H3,33,34,45). The molecule has 256 valence electrons. The van der Waals surface area contributed by atoms with Crippen LogP contribution >= 0.6 is 0 Å². The van der Waals surface area contributed by atoms with Gasteiger partial charge in [0.2, 0.25) is 23.6 Å². The van der Waals surface area contributed by atoms with Crippen molar-refractivity contribution in [2.45, 2.75) is 84.8 Å². The van der Waals surface area contributed by atoms with Gasteiger partial charge in [-0.3, -0.25) is 24.0 Å². The smallest absolute Gasteiger partial charge is 0.312 e. The highest BCUT2D eigenvalue weighted by Crippen LogP contribution is 2.15. The lowest BCUT2D eigenvalue weighted by Crippen LogP contribution is -2.47. The summed E-state index contributed by atoms with van der Waals surface area (Å²) in [6, 6.07) is 5.04. The molecular weight excluding hydrogens is 596 g/mol. The van der Waals surface area contributed by atoms with Gasteiger partial charge in [-0.1, -0.05) is 39.3 Å². The second-order valence-electron chi connectivity index (χ2n) is 11.4. The Labute approximate surface area is 270 Å². The maximum absolute atomic E-state index is 13.0. The van der Waals surface area contributed by atoms with E-state index < -0.39 is 23.9 Å². The lowest BCUT2D eigenvalue weighted by atomic mass is 9.93. The van der Waals surface area contributed by atoms with Crippen LogP contribution in [-0.4, -0.2) is 79.5 Å². The molecule has 0 aliphatic carbocycles. The summed E-state index contributed by atoms with van der Waals surface area (Å²) in [4.78, 5) is 85.3. The molecule has 6 amide bonds. The highest BCUT2D eigenvalue weighted by molar-refractivity contribution is 5.97. The van der Waals surface area contributed by atoms with Crippen LogP contribution < -0.4 is 27.0 Å². The fourth-order valence-corrected chi connectivity index (χ4v) is 4.21. The molecule has 46 heavy (non-hydrogen) atoms. The number of nitrogens with two attached hydrogens (primary N) is 1. The monoisotopic (exact) mass is 646 g/mol. The largest absolute Gasteiger partial charge is 0.461 e. The molecule has 0 saturated heterocycles. The van der Waals surface area contributed by atoms with Crippen LogP contribution in [-0.2, 0) is 40.1 Å². The van der Waals surface area contributed by atoms with E-state index in [0.717, 1.165) is 11.8 Å². The second-order valence-corrected chi connectivity index (χ2v) is 11.4. The van der Waals surface area contributed by atoms with Gasteiger partial charge in [-0.2, -0.15) is 0 Å². The van der Waals surface area contributed by atoms with E-state index in [0.29, 0.717) is 37.9 Å². The number of esters is 1. The number of benzene rings is 1. The first-order valence-electron chi connectivity index (χ1n) is 15.7. The van der Waals surface area contributed by atoms with Crippen molar-refractivity contribution in [3.8, 4) is 0 Å². The number of urea groups is 1. The van der Waals surface area contributed by atoms with E-state index in [4.69, 9.17) is 10.5 Å². The molecule has 0 aliphatic heterocycles. The second kappa shape index (κ2) is 22.1. The Morgan fingerprint density at radius 1 is 0.957 bits per heavy atom. The van der Waals surface area contributed by atoms with Crippen LogP contribution in [0.2, 0.25) is 0 Å². The van der Waals surface area contributed by atoms with E-state index in [9.17, 15) is 33.6 Å². The number of rotatable bonds is 22. The van der Waals surface area contributed by atoms with Crippen LogP contribution in [0.1, 0.15) is 77.7 Å². The molecule has 0 saturated carbocycles. The van der Waals surface area contributed by atoms with Crippen LogP contribution in [0.3, 0.4) is 0 Å². The molecule has 1 aromatic rings. The summed E-state index contributed by atoms with van der Waals surface area (Å²) in [5, 5.41) is 10.4.